The first-order chi connectivity index (χ1) is 10.8. The molecule has 2 amide bonds. The summed E-state index contributed by atoms with van der Waals surface area (Å²) in [7, 11) is 0. The highest BCUT2D eigenvalue weighted by atomic mass is 19.4. The van der Waals surface area contributed by atoms with Crippen molar-refractivity contribution >= 4 is 11.7 Å². The number of carbonyl (C=O) groups excluding carboxylic acids is 1. The van der Waals surface area contributed by atoms with Crippen LogP contribution >= 0.6 is 0 Å². The lowest BCUT2D eigenvalue weighted by molar-refractivity contribution is -0.154. The molecule has 0 aliphatic heterocycles. The molecule has 23 heavy (non-hydrogen) atoms. The van der Waals surface area contributed by atoms with Gasteiger partial charge in [0, 0.05) is 0 Å². The van der Waals surface area contributed by atoms with Crippen LogP contribution in [0.15, 0.2) is 48.5 Å². The number of urea groups is 1. The van der Waals surface area contributed by atoms with Crippen molar-refractivity contribution in [3.05, 3.63) is 65.5 Å². The van der Waals surface area contributed by atoms with Crippen molar-refractivity contribution < 1.29 is 22.4 Å². The van der Waals surface area contributed by atoms with Crippen molar-refractivity contribution in [1.82, 2.24) is 5.32 Å². The number of hydrogen-bond donors (Lipinski definition) is 2. The van der Waals surface area contributed by atoms with Crippen LogP contribution in [0.1, 0.15) is 17.2 Å². The van der Waals surface area contributed by atoms with E-state index in [0.29, 0.717) is 0 Å². The number of rotatable bonds is 3. The summed E-state index contributed by atoms with van der Waals surface area (Å²) in [6.45, 7) is 1.74. The Hall–Kier alpha value is -2.57. The molecule has 2 rings (SSSR count). The lowest BCUT2D eigenvalue weighted by Crippen LogP contribution is -2.40. The molecule has 0 unspecified atom stereocenters. The Morgan fingerprint density at radius 2 is 1.65 bits per heavy atom. The number of alkyl halides is 3. The molecule has 0 saturated heterocycles. The monoisotopic (exact) mass is 326 g/mol. The Labute approximate surface area is 130 Å². The molecular formula is C16H14F4N2O. The molecule has 2 N–H and O–H groups in total. The summed E-state index contributed by atoms with van der Waals surface area (Å²) in [5.41, 5.74) is 0.493. The van der Waals surface area contributed by atoms with Gasteiger partial charge in [0.25, 0.3) is 0 Å². The zero-order valence-corrected chi connectivity index (χ0v) is 12.1. The van der Waals surface area contributed by atoms with E-state index in [1.165, 1.54) is 42.5 Å². The maximum atomic E-state index is 13.4. The number of anilines is 1. The van der Waals surface area contributed by atoms with Crippen molar-refractivity contribution in [2.24, 2.45) is 0 Å². The minimum atomic E-state index is -4.68. The largest absolute Gasteiger partial charge is 0.412 e. The highest BCUT2D eigenvalue weighted by molar-refractivity contribution is 5.89. The third kappa shape index (κ3) is 4.45. The van der Waals surface area contributed by atoms with Crippen molar-refractivity contribution in [3.63, 3.8) is 0 Å². The van der Waals surface area contributed by atoms with Crippen molar-refractivity contribution in [2.45, 2.75) is 19.1 Å². The molecule has 2 aromatic rings. The van der Waals surface area contributed by atoms with E-state index < -0.39 is 24.1 Å². The van der Waals surface area contributed by atoms with Crippen LogP contribution in [0.3, 0.4) is 0 Å². The zero-order valence-electron chi connectivity index (χ0n) is 12.1. The van der Waals surface area contributed by atoms with Gasteiger partial charge < -0.3 is 10.6 Å². The molecule has 0 aromatic heterocycles. The SMILES string of the molecule is Cc1ccc([C@@H](NC(=O)Nc2ccccc2F)C(F)(F)F)cc1. The summed E-state index contributed by atoms with van der Waals surface area (Å²) >= 11 is 0. The van der Waals surface area contributed by atoms with Gasteiger partial charge in [-0.3, -0.25) is 0 Å². The van der Waals surface area contributed by atoms with E-state index in [2.05, 4.69) is 5.32 Å². The quantitative estimate of drug-likeness (QED) is 0.798. The van der Waals surface area contributed by atoms with Gasteiger partial charge in [-0.2, -0.15) is 13.2 Å². The van der Waals surface area contributed by atoms with Crippen LogP contribution in [-0.4, -0.2) is 12.2 Å². The van der Waals surface area contributed by atoms with Gasteiger partial charge in [-0.25, -0.2) is 9.18 Å². The number of hydrogen-bond acceptors (Lipinski definition) is 1. The molecule has 0 spiro atoms. The van der Waals surface area contributed by atoms with Crippen LogP contribution < -0.4 is 10.6 Å². The molecule has 1 atom stereocenters. The first-order valence-electron chi connectivity index (χ1n) is 6.72. The molecule has 0 aliphatic carbocycles. The predicted octanol–water partition coefficient (Wildman–Crippen LogP) is 4.56. The third-order valence-corrected chi connectivity index (χ3v) is 3.14. The average Bonchev–Trinajstić information content (AvgIpc) is 2.47. The minimum absolute atomic E-state index is 0.105. The summed E-state index contributed by atoms with van der Waals surface area (Å²) in [4.78, 5) is 11.8. The number of benzene rings is 2. The Bertz CT molecular complexity index is 683. The highest BCUT2D eigenvalue weighted by Crippen LogP contribution is 2.32. The average molecular weight is 326 g/mol. The second-order valence-electron chi connectivity index (χ2n) is 4.96. The molecule has 0 saturated carbocycles. The van der Waals surface area contributed by atoms with Crippen molar-refractivity contribution in [1.29, 1.82) is 0 Å². The number of amides is 2. The Morgan fingerprint density at radius 3 is 2.22 bits per heavy atom. The first kappa shape index (κ1) is 16.8. The maximum absolute atomic E-state index is 13.4. The zero-order chi connectivity index (χ0) is 17.0. The molecule has 2 aromatic carbocycles. The van der Waals surface area contributed by atoms with E-state index in [0.717, 1.165) is 11.6 Å². The van der Waals surface area contributed by atoms with Crippen LogP contribution in [0.5, 0.6) is 0 Å². The topological polar surface area (TPSA) is 41.1 Å². The lowest BCUT2D eigenvalue weighted by atomic mass is 10.0. The Kier molecular flexibility index (Phi) is 4.88. The fourth-order valence-electron chi connectivity index (χ4n) is 1.97. The number of para-hydroxylation sites is 1. The van der Waals surface area contributed by atoms with Gasteiger partial charge in [-0.05, 0) is 24.6 Å². The van der Waals surface area contributed by atoms with Gasteiger partial charge in [-0.1, -0.05) is 42.0 Å². The van der Waals surface area contributed by atoms with Crippen LogP contribution in [-0.2, 0) is 0 Å². The van der Waals surface area contributed by atoms with Crippen molar-refractivity contribution in [2.75, 3.05) is 5.32 Å². The first-order valence-corrected chi connectivity index (χ1v) is 6.72. The number of carbonyl (C=O) groups is 1. The minimum Gasteiger partial charge on any atom is -0.322 e. The Morgan fingerprint density at radius 1 is 1.04 bits per heavy atom. The summed E-state index contributed by atoms with van der Waals surface area (Å²) < 4.78 is 52.9. The smallest absolute Gasteiger partial charge is 0.322 e. The van der Waals surface area contributed by atoms with Gasteiger partial charge in [0.2, 0.25) is 0 Å². The van der Waals surface area contributed by atoms with Crippen molar-refractivity contribution in [3.8, 4) is 0 Å². The normalized spacial score (nSPS) is 12.6. The number of halogens is 4. The lowest BCUT2D eigenvalue weighted by Gasteiger charge is -2.22. The summed E-state index contributed by atoms with van der Waals surface area (Å²) in [5.74, 6) is -0.735. The van der Waals surface area contributed by atoms with Gasteiger partial charge in [-0.15, -0.1) is 0 Å². The van der Waals surface area contributed by atoms with Gasteiger partial charge in [0.05, 0.1) is 5.69 Å². The summed E-state index contributed by atoms with van der Waals surface area (Å²) in [6, 6.07) is 7.50. The van der Waals surface area contributed by atoms with Gasteiger partial charge >= 0.3 is 12.2 Å². The van der Waals surface area contributed by atoms with E-state index in [1.807, 2.05) is 5.32 Å². The second kappa shape index (κ2) is 6.68. The van der Waals surface area contributed by atoms with Crippen LogP contribution in [0.2, 0.25) is 0 Å². The Balaban J connectivity index is 2.17. The molecule has 7 heteroatoms. The fourth-order valence-corrected chi connectivity index (χ4v) is 1.97. The molecule has 0 fully saturated rings. The van der Waals surface area contributed by atoms with Crippen LogP contribution in [0.25, 0.3) is 0 Å². The molecule has 0 bridgehead atoms. The molecule has 122 valence electrons. The third-order valence-electron chi connectivity index (χ3n) is 3.14. The highest BCUT2D eigenvalue weighted by Gasteiger charge is 2.41. The second-order valence-corrected chi connectivity index (χ2v) is 4.96. The molecule has 0 aliphatic rings. The van der Waals surface area contributed by atoms with E-state index in [9.17, 15) is 22.4 Å². The summed E-state index contributed by atoms with van der Waals surface area (Å²) in [6.07, 6.45) is -4.68. The van der Waals surface area contributed by atoms with Gasteiger partial charge in [0.1, 0.15) is 5.82 Å². The maximum Gasteiger partial charge on any atom is 0.412 e. The van der Waals surface area contributed by atoms with E-state index in [-0.39, 0.29) is 11.3 Å². The molecule has 0 radical (unpaired) electrons. The van der Waals surface area contributed by atoms with Crippen LogP contribution in [0, 0.1) is 12.7 Å². The predicted molar refractivity (Wildman–Crippen MR) is 78.5 cm³/mol. The molecular weight excluding hydrogens is 312 g/mol. The number of nitrogens with one attached hydrogen (secondary N) is 2. The van der Waals surface area contributed by atoms with E-state index in [1.54, 1.807) is 6.92 Å². The fraction of sp³-hybridized carbons (Fsp3) is 0.188. The van der Waals surface area contributed by atoms with E-state index >= 15 is 0 Å². The summed E-state index contributed by atoms with van der Waals surface area (Å²) in [5, 5.41) is 3.90. The molecule has 0 heterocycles. The van der Waals surface area contributed by atoms with E-state index in [4.69, 9.17) is 0 Å². The number of aryl methyl sites for hydroxylation is 1. The van der Waals surface area contributed by atoms with Gasteiger partial charge in [0.15, 0.2) is 6.04 Å². The molecule has 3 nitrogen and oxygen atoms in total. The van der Waals surface area contributed by atoms with Crippen LogP contribution in [0.4, 0.5) is 28.0 Å². The standard InChI is InChI=1S/C16H14F4N2O/c1-10-6-8-11(9-7-10)14(16(18,19)20)22-15(23)21-13-5-3-2-4-12(13)17/h2-9,14H,1H3,(H2,21,22,23)/t14-/m1/s1.